The molecule has 2 amide bonds. The first-order valence-electron chi connectivity index (χ1n) is 12.6. The summed E-state index contributed by atoms with van der Waals surface area (Å²) < 4.78 is 19.6. The van der Waals surface area contributed by atoms with Crippen molar-refractivity contribution in [3.63, 3.8) is 0 Å². The number of furan rings is 1. The third-order valence-corrected chi connectivity index (χ3v) is 7.14. The van der Waals surface area contributed by atoms with E-state index in [0.717, 1.165) is 11.1 Å². The van der Waals surface area contributed by atoms with Crippen LogP contribution in [0.1, 0.15) is 64.6 Å². The third-order valence-electron chi connectivity index (χ3n) is 7.14. The van der Waals surface area contributed by atoms with E-state index >= 15 is 0 Å². The van der Waals surface area contributed by atoms with E-state index in [4.69, 9.17) is 9.40 Å². The minimum Gasteiger partial charge on any atom is -0.480 e. The van der Waals surface area contributed by atoms with Crippen LogP contribution in [-0.2, 0) is 15.0 Å². The minimum atomic E-state index is -1.56. The van der Waals surface area contributed by atoms with Gasteiger partial charge in [-0.15, -0.1) is 0 Å². The lowest BCUT2D eigenvalue weighted by molar-refractivity contribution is -0.160. The number of amides is 2. The zero-order valence-corrected chi connectivity index (χ0v) is 22.9. The molecule has 1 aliphatic rings. The molecule has 1 aromatic carbocycles. The number of carboxylic acid groups (broad SMARTS) is 1. The van der Waals surface area contributed by atoms with Gasteiger partial charge in [0.15, 0.2) is 11.3 Å². The van der Waals surface area contributed by atoms with E-state index in [9.17, 15) is 23.9 Å². The van der Waals surface area contributed by atoms with Gasteiger partial charge in [0.2, 0.25) is 5.91 Å². The van der Waals surface area contributed by atoms with Crippen LogP contribution in [0.3, 0.4) is 0 Å². The highest BCUT2D eigenvalue weighted by molar-refractivity contribution is 6.01. The Morgan fingerprint density at radius 1 is 1.03 bits per heavy atom. The summed E-state index contributed by atoms with van der Waals surface area (Å²) in [5, 5.41) is 9.47. The van der Waals surface area contributed by atoms with Crippen molar-refractivity contribution in [2.75, 3.05) is 19.6 Å². The van der Waals surface area contributed by atoms with E-state index in [-0.39, 0.29) is 42.5 Å². The molecule has 1 N–H and O–H groups in total. The molecular weight excluding hydrogens is 489 g/mol. The summed E-state index contributed by atoms with van der Waals surface area (Å²) in [6, 6.07) is 9.62. The van der Waals surface area contributed by atoms with Crippen molar-refractivity contribution in [1.29, 1.82) is 0 Å². The van der Waals surface area contributed by atoms with Crippen LogP contribution in [-0.4, -0.2) is 62.8 Å². The number of fused-ring (bicyclic) bond motifs is 1. The largest absolute Gasteiger partial charge is 0.480 e. The third kappa shape index (κ3) is 4.89. The lowest BCUT2D eigenvalue weighted by atomic mass is 9.86. The molecule has 0 unspecified atom stereocenters. The number of carboxylic acids is 1. The summed E-state index contributed by atoms with van der Waals surface area (Å²) in [7, 11) is 0. The van der Waals surface area contributed by atoms with Gasteiger partial charge < -0.3 is 19.3 Å². The smallest absolute Gasteiger partial charge is 0.318 e. The zero-order valence-electron chi connectivity index (χ0n) is 22.9. The summed E-state index contributed by atoms with van der Waals surface area (Å²) >= 11 is 0. The average molecular weight is 524 g/mol. The van der Waals surface area contributed by atoms with E-state index in [1.165, 1.54) is 30.9 Å². The Morgan fingerprint density at radius 3 is 2.21 bits per heavy atom. The van der Waals surface area contributed by atoms with Gasteiger partial charge >= 0.3 is 5.97 Å². The second-order valence-corrected chi connectivity index (χ2v) is 12.1. The summed E-state index contributed by atoms with van der Waals surface area (Å²) in [6.45, 7) is 13.2. The number of carbonyl (C=O) groups excluding carboxylic acids is 2. The molecule has 0 aliphatic carbocycles. The number of nitrogens with zero attached hydrogens (tertiary/aromatic N) is 3. The molecule has 3 aromatic rings. The lowest BCUT2D eigenvalue weighted by Crippen LogP contribution is -2.63. The second kappa shape index (κ2) is 9.22. The predicted octanol–water partition coefficient (Wildman–Crippen LogP) is 5.11. The first-order valence-corrected chi connectivity index (χ1v) is 12.6. The summed E-state index contributed by atoms with van der Waals surface area (Å²) in [5.74, 6) is -2.21. The van der Waals surface area contributed by atoms with E-state index in [0.29, 0.717) is 16.8 Å². The van der Waals surface area contributed by atoms with Gasteiger partial charge in [-0.2, -0.15) is 0 Å². The minimum absolute atomic E-state index is 0.132. The maximum Gasteiger partial charge on any atom is 0.318 e. The van der Waals surface area contributed by atoms with Crippen molar-refractivity contribution in [2.24, 2.45) is 5.41 Å². The van der Waals surface area contributed by atoms with Crippen molar-refractivity contribution in [3.05, 3.63) is 53.5 Å². The Labute approximate surface area is 221 Å². The molecule has 8 nitrogen and oxygen atoms in total. The van der Waals surface area contributed by atoms with Gasteiger partial charge in [0.05, 0.1) is 11.2 Å². The molecule has 1 fully saturated rings. The van der Waals surface area contributed by atoms with Gasteiger partial charge in [0.1, 0.15) is 16.7 Å². The van der Waals surface area contributed by atoms with Crippen LogP contribution in [0.5, 0.6) is 0 Å². The fraction of sp³-hybridized carbons (Fsp3) is 0.448. The number of piperazine rings is 1. The molecule has 0 saturated carbocycles. The van der Waals surface area contributed by atoms with Crippen LogP contribution < -0.4 is 0 Å². The monoisotopic (exact) mass is 523 g/mol. The Hall–Kier alpha value is -3.75. The zero-order chi connectivity index (χ0) is 28.2. The Kier molecular flexibility index (Phi) is 6.62. The number of pyridine rings is 1. The molecular formula is C29H34FN3O5. The first-order chi connectivity index (χ1) is 17.5. The average Bonchev–Trinajstić information content (AvgIpc) is 3.25. The number of halogens is 1. The van der Waals surface area contributed by atoms with Crippen molar-refractivity contribution >= 4 is 28.9 Å². The second-order valence-electron chi connectivity index (χ2n) is 12.1. The van der Waals surface area contributed by atoms with Crippen LogP contribution in [0.4, 0.5) is 4.39 Å². The van der Waals surface area contributed by atoms with Crippen LogP contribution in [0.15, 0.2) is 40.8 Å². The van der Waals surface area contributed by atoms with Crippen molar-refractivity contribution in [1.82, 2.24) is 14.8 Å². The van der Waals surface area contributed by atoms with Crippen LogP contribution in [0.25, 0.3) is 22.4 Å². The molecule has 1 saturated heterocycles. The van der Waals surface area contributed by atoms with Gasteiger partial charge in [0, 0.05) is 36.8 Å². The first kappa shape index (κ1) is 27.3. The molecule has 0 radical (unpaired) electrons. The molecule has 0 bridgehead atoms. The molecule has 9 heteroatoms. The van der Waals surface area contributed by atoms with Gasteiger partial charge in [-0.25, -0.2) is 9.37 Å². The molecule has 2 aromatic heterocycles. The highest BCUT2D eigenvalue weighted by atomic mass is 19.1. The molecule has 1 aliphatic heterocycles. The molecule has 38 heavy (non-hydrogen) atoms. The summed E-state index contributed by atoms with van der Waals surface area (Å²) in [4.78, 5) is 46.1. The topological polar surface area (TPSA) is 104 Å². The van der Waals surface area contributed by atoms with E-state index < -0.39 is 22.8 Å². The van der Waals surface area contributed by atoms with E-state index in [1.54, 1.807) is 23.1 Å². The van der Waals surface area contributed by atoms with Crippen molar-refractivity contribution < 1.29 is 28.3 Å². The van der Waals surface area contributed by atoms with Crippen LogP contribution in [0, 0.1) is 11.2 Å². The summed E-state index contributed by atoms with van der Waals surface area (Å²) in [5.41, 5.74) is 0.657. The van der Waals surface area contributed by atoms with Crippen LogP contribution in [0.2, 0.25) is 0 Å². The quantitative estimate of drug-likeness (QED) is 0.477. The number of aliphatic carboxylic acids is 1. The normalized spacial score (nSPS) is 16.1. The fourth-order valence-corrected chi connectivity index (χ4v) is 4.78. The van der Waals surface area contributed by atoms with Crippen molar-refractivity contribution in [3.8, 4) is 11.3 Å². The Morgan fingerprint density at radius 2 is 1.66 bits per heavy atom. The Balaban J connectivity index is 1.68. The number of aromatic nitrogens is 1. The van der Waals surface area contributed by atoms with Gasteiger partial charge in [-0.3, -0.25) is 14.4 Å². The lowest BCUT2D eigenvalue weighted by Gasteiger charge is -2.47. The molecule has 4 rings (SSSR count). The number of hydrogen-bond acceptors (Lipinski definition) is 5. The summed E-state index contributed by atoms with van der Waals surface area (Å²) in [6.07, 6.45) is 0. The SMILES string of the molecule is CC(C)(C(=O)O)C(=O)N1CCN(C(=O)c2cc3nc(-c4ccc(F)cc4)cc(C(C)(C)C)c3o2)C(C)(C)C1. The number of carbonyl (C=O) groups is 3. The Bertz CT molecular complexity index is 1420. The number of benzene rings is 1. The van der Waals surface area contributed by atoms with Gasteiger partial charge in [0.25, 0.3) is 5.91 Å². The van der Waals surface area contributed by atoms with Crippen LogP contribution >= 0.6 is 0 Å². The molecule has 0 atom stereocenters. The highest BCUT2D eigenvalue weighted by Gasteiger charge is 2.45. The van der Waals surface area contributed by atoms with Gasteiger partial charge in [-0.05, 0) is 63.4 Å². The standard InChI is InChI=1S/C29H34FN3O5/c1-27(2,3)19-14-20(17-8-10-18(30)11-9-17)31-21-15-22(38-23(19)21)24(34)33-13-12-32(16-28(33,4)5)25(35)29(6,7)26(36)37/h8-11,14-15H,12-13,16H2,1-7H3,(H,36,37). The molecule has 202 valence electrons. The van der Waals surface area contributed by atoms with E-state index in [1.807, 2.05) is 40.7 Å². The molecule has 0 spiro atoms. The van der Waals surface area contributed by atoms with Crippen molar-refractivity contribution in [2.45, 2.75) is 59.4 Å². The molecule has 3 heterocycles. The maximum atomic E-state index is 13.7. The van der Waals surface area contributed by atoms with E-state index in [2.05, 4.69) is 0 Å². The maximum absolute atomic E-state index is 13.7. The predicted molar refractivity (Wildman–Crippen MR) is 141 cm³/mol. The highest BCUT2D eigenvalue weighted by Crippen LogP contribution is 2.36. The van der Waals surface area contributed by atoms with Gasteiger partial charge in [-0.1, -0.05) is 20.8 Å². The number of hydrogen-bond donors (Lipinski definition) is 1. The fourth-order valence-electron chi connectivity index (χ4n) is 4.78. The number of rotatable bonds is 4.